The lowest BCUT2D eigenvalue weighted by molar-refractivity contribution is 0.660. The molecule has 2 heteroatoms. The van der Waals surface area contributed by atoms with Gasteiger partial charge in [0, 0.05) is 32.1 Å². The van der Waals surface area contributed by atoms with Gasteiger partial charge in [-0.05, 0) is 112 Å². The normalized spacial score (nSPS) is 14.3. The maximum absolute atomic E-state index is 2.57. The van der Waals surface area contributed by atoms with Crippen molar-refractivity contribution >= 4 is 48.6 Å². The molecule has 246 valence electrons. The zero-order valence-corrected chi connectivity index (χ0v) is 29.9. The number of aryl methyl sites for hydroxylation is 1. The van der Waals surface area contributed by atoms with E-state index < -0.39 is 0 Å². The first kappa shape index (κ1) is 30.4. The smallest absolute Gasteiger partial charge is 0.0640 e. The van der Waals surface area contributed by atoms with Crippen molar-refractivity contribution in [1.29, 1.82) is 0 Å². The summed E-state index contributed by atoms with van der Waals surface area (Å²) in [6.45, 7) is 4.80. The summed E-state index contributed by atoms with van der Waals surface area (Å²) in [6.07, 6.45) is 4.79. The standard InChI is InChI=1S/C49H39NS/c1-49(2)43-23-10-8-19-38(43)41-30-42(37-21-12-17-34-16-6-7-18-36(34)37)46(31-44(41)49)50(35-28-26-33(27-29-35)32-14-4-3-5-15-32)45-24-13-22-40-39-20-9-11-25-47(39)51-48(40)45/h3-5,8-15,17,19-31H,6-7,16,18H2,1-2H3. The molecule has 0 spiro atoms. The van der Waals surface area contributed by atoms with E-state index in [0.717, 1.165) is 12.8 Å². The summed E-state index contributed by atoms with van der Waals surface area (Å²) in [6, 6.07) is 56.9. The Kier molecular flexibility index (Phi) is 7.05. The Morgan fingerprint density at radius 1 is 0.510 bits per heavy atom. The van der Waals surface area contributed by atoms with Gasteiger partial charge in [0.1, 0.15) is 0 Å². The van der Waals surface area contributed by atoms with E-state index in [2.05, 4.69) is 170 Å². The average molecular weight is 674 g/mol. The molecule has 1 aromatic heterocycles. The van der Waals surface area contributed by atoms with Crippen molar-refractivity contribution < 1.29 is 0 Å². The highest BCUT2D eigenvalue weighted by molar-refractivity contribution is 7.26. The lowest BCUT2D eigenvalue weighted by Gasteiger charge is -2.32. The number of nitrogens with zero attached hydrogens (tertiary/aromatic N) is 1. The van der Waals surface area contributed by atoms with Crippen LogP contribution in [0, 0.1) is 0 Å². The molecule has 10 rings (SSSR count). The summed E-state index contributed by atoms with van der Waals surface area (Å²) in [5.41, 5.74) is 17.2. The van der Waals surface area contributed by atoms with Crippen molar-refractivity contribution in [2.24, 2.45) is 0 Å². The summed E-state index contributed by atoms with van der Waals surface area (Å²) in [4.78, 5) is 2.57. The molecule has 1 heterocycles. The molecule has 0 radical (unpaired) electrons. The van der Waals surface area contributed by atoms with E-state index in [9.17, 15) is 0 Å². The number of fused-ring (bicyclic) bond motifs is 7. The van der Waals surface area contributed by atoms with Crippen LogP contribution < -0.4 is 4.90 Å². The Balaban J connectivity index is 1.29. The molecule has 7 aromatic carbocycles. The molecule has 0 N–H and O–H groups in total. The number of thiophene rings is 1. The van der Waals surface area contributed by atoms with E-state index >= 15 is 0 Å². The molecular weight excluding hydrogens is 635 g/mol. The highest BCUT2D eigenvalue weighted by Crippen LogP contribution is 2.55. The minimum Gasteiger partial charge on any atom is -0.308 e. The molecule has 0 saturated heterocycles. The van der Waals surface area contributed by atoms with E-state index in [0.29, 0.717) is 0 Å². The van der Waals surface area contributed by atoms with Crippen LogP contribution in [-0.4, -0.2) is 0 Å². The van der Waals surface area contributed by atoms with Crippen molar-refractivity contribution in [1.82, 2.24) is 0 Å². The van der Waals surface area contributed by atoms with Gasteiger partial charge in [-0.25, -0.2) is 0 Å². The van der Waals surface area contributed by atoms with Crippen LogP contribution in [0.4, 0.5) is 17.1 Å². The third-order valence-corrected chi connectivity index (χ3v) is 12.7. The second-order valence-electron chi connectivity index (χ2n) is 14.7. The van der Waals surface area contributed by atoms with Crippen LogP contribution in [-0.2, 0) is 18.3 Å². The fourth-order valence-electron chi connectivity index (χ4n) is 8.92. The number of anilines is 3. The predicted octanol–water partition coefficient (Wildman–Crippen LogP) is 14.0. The molecule has 2 aliphatic rings. The molecule has 0 amide bonds. The third kappa shape index (κ3) is 4.81. The van der Waals surface area contributed by atoms with Crippen LogP contribution in [0.15, 0.2) is 152 Å². The van der Waals surface area contributed by atoms with Crippen LogP contribution in [0.1, 0.15) is 48.9 Å². The van der Waals surface area contributed by atoms with Gasteiger partial charge in [-0.2, -0.15) is 0 Å². The van der Waals surface area contributed by atoms with Crippen molar-refractivity contribution in [2.75, 3.05) is 4.90 Å². The topological polar surface area (TPSA) is 3.24 Å². The van der Waals surface area contributed by atoms with Gasteiger partial charge in [-0.3, -0.25) is 0 Å². The molecule has 0 bridgehead atoms. The lowest BCUT2D eigenvalue weighted by atomic mass is 9.80. The van der Waals surface area contributed by atoms with E-state index in [4.69, 9.17) is 0 Å². The first-order valence-electron chi connectivity index (χ1n) is 18.3. The van der Waals surface area contributed by atoms with Gasteiger partial charge >= 0.3 is 0 Å². The molecule has 0 atom stereocenters. The fraction of sp³-hybridized carbons (Fsp3) is 0.143. The zero-order chi connectivity index (χ0) is 34.1. The second-order valence-corrected chi connectivity index (χ2v) is 15.8. The fourth-order valence-corrected chi connectivity index (χ4v) is 10.1. The second kappa shape index (κ2) is 11.8. The van der Waals surface area contributed by atoms with Gasteiger partial charge in [0.2, 0.25) is 0 Å². The van der Waals surface area contributed by atoms with Crippen molar-refractivity contribution in [3.05, 3.63) is 174 Å². The van der Waals surface area contributed by atoms with Crippen LogP contribution in [0.3, 0.4) is 0 Å². The summed E-state index contributed by atoms with van der Waals surface area (Å²) < 4.78 is 2.64. The lowest BCUT2D eigenvalue weighted by Crippen LogP contribution is -2.17. The maximum Gasteiger partial charge on any atom is 0.0640 e. The van der Waals surface area contributed by atoms with E-state index in [-0.39, 0.29) is 5.41 Å². The molecule has 8 aromatic rings. The molecule has 1 nitrogen and oxygen atoms in total. The first-order valence-corrected chi connectivity index (χ1v) is 19.1. The summed E-state index contributed by atoms with van der Waals surface area (Å²) in [5.74, 6) is 0. The minimum atomic E-state index is -0.123. The monoisotopic (exact) mass is 673 g/mol. The van der Waals surface area contributed by atoms with E-state index in [1.54, 1.807) is 0 Å². The van der Waals surface area contributed by atoms with Crippen molar-refractivity contribution in [3.63, 3.8) is 0 Å². The summed E-state index contributed by atoms with van der Waals surface area (Å²) in [5, 5.41) is 2.63. The van der Waals surface area contributed by atoms with Crippen LogP contribution in [0.5, 0.6) is 0 Å². The van der Waals surface area contributed by atoms with Gasteiger partial charge in [0.15, 0.2) is 0 Å². The van der Waals surface area contributed by atoms with Gasteiger partial charge in [-0.1, -0.05) is 129 Å². The quantitative estimate of drug-likeness (QED) is 0.176. The number of hydrogen-bond acceptors (Lipinski definition) is 2. The average Bonchev–Trinajstić information content (AvgIpc) is 3.67. The Labute approximate surface area is 304 Å². The summed E-state index contributed by atoms with van der Waals surface area (Å²) in [7, 11) is 0. The van der Waals surface area contributed by atoms with Crippen LogP contribution in [0.2, 0.25) is 0 Å². The van der Waals surface area contributed by atoms with E-state index in [1.165, 1.54) is 106 Å². The van der Waals surface area contributed by atoms with Crippen molar-refractivity contribution in [2.45, 2.75) is 44.9 Å². The minimum absolute atomic E-state index is 0.123. The zero-order valence-electron chi connectivity index (χ0n) is 29.1. The molecule has 0 fully saturated rings. The van der Waals surface area contributed by atoms with Crippen LogP contribution in [0.25, 0.3) is 53.6 Å². The van der Waals surface area contributed by atoms with Crippen molar-refractivity contribution in [3.8, 4) is 33.4 Å². The highest BCUT2D eigenvalue weighted by atomic mass is 32.1. The Bertz CT molecular complexity index is 2610. The predicted molar refractivity (Wildman–Crippen MR) is 219 cm³/mol. The molecule has 2 aliphatic carbocycles. The number of rotatable bonds is 5. The molecular formula is C49H39NS. The van der Waals surface area contributed by atoms with Gasteiger partial charge < -0.3 is 4.90 Å². The third-order valence-electron chi connectivity index (χ3n) is 11.5. The Morgan fingerprint density at radius 3 is 2.10 bits per heavy atom. The highest BCUT2D eigenvalue weighted by Gasteiger charge is 2.37. The first-order chi connectivity index (χ1) is 25.1. The van der Waals surface area contributed by atoms with E-state index in [1.807, 2.05) is 11.3 Å². The maximum atomic E-state index is 2.57. The molecule has 0 unspecified atom stereocenters. The van der Waals surface area contributed by atoms with Gasteiger partial charge in [-0.15, -0.1) is 11.3 Å². The summed E-state index contributed by atoms with van der Waals surface area (Å²) >= 11 is 1.90. The molecule has 51 heavy (non-hydrogen) atoms. The SMILES string of the molecule is CC1(C)c2ccccc2-c2cc(-c3cccc4c3CCCC4)c(N(c3ccc(-c4ccccc4)cc3)c3cccc4c3sc3ccccc34)cc21. The number of hydrogen-bond donors (Lipinski definition) is 0. The van der Waals surface area contributed by atoms with Crippen LogP contribution >= 0.6 is 11.3 Å². The Morgan fingerprint density at radius 2 is 1.22 bits per heavy atom. The largest absolute Gasteiger partial charge is 0.308 e. The van der Waals surface area contributed by atoms with Gasteiger partial charge in [0.25, 0.3) is 0 Å². The Hall–Kier alpha value is -5.44. The molecule has 0 saturated carbocycles. The molecule has 0 aliphatic heterocycles. The van der Waals surface area contributed by atoms with Gasteiger partial charge in [0.05, 0.1) is 16.1 Å². The number of benzene rings is 7.